The quantitative estimate of drug-likeness (QED) is 0.435. The van der Waals surface area contributed by atoms with E-state index < -0.39 is 11.8 Å². The van der Waals surface area contributed by atoms with Crippen LogP contribution in [0.25, 0.3) is 0 Å². The molecule has 0 aliphatic heterocycles. The number of rotatable bonds is 7. The van der Waals surface area contributed by atoms with Crippen molar-refractivity contribution in [3.05, 3.63) is 28.2 Å². The molecule has 0 fully saturated rings. The maximum Gasteiger partial charge on any atom is 0.374 e. The molecule has 6 nitrogen and oxygen atoms in total. The first-order chi connectivity index (χ1) is 9.53. The van der Waals surface area contributed by atoms with Crippen LogP contribution in [0.3, 0.4) is 0 Å². The number of benzene rings is 1. The van der Waals surface area contributed by atoms with E-state index in [0.717, 1.165) is 5.56 Å². The fourth-order valence-corrected chi connectivity index (χ4v) is 1.71. The van der Waals surface area contributed by atoms with Crippen LogP contribution in [0, 0.1) is 11.8 Å². The second kappa shape index (κ2) is 7.37. The van der Waals surface area contributed by atoms with Gasteiger partial charge in [-0.05, 0) is 49.2 Å². The summed E-state index contributed by atoms with van der Waals surface area (Å²) in [5.74, 6) is -1.07. The van der Waals surface area contributed by atoms with Crippen molar-refractivity contribution in [2.45, 2.75) is 27.2 Å². The third-order valence-electron chi connectivity index (χ3n) is 2.63. The minimum absolute atomic E-state index is 0.126. The molecule has 0 N–H and O–H groups in total. The molecule has 0 spiro atoms. The minimum Gasteiger partial charge on any atom is -0.494 e. The van der Waals surface area contributed by atoms with Gasteiger partial charge in [0.15, 0.2) is 0 Å². The van der Waals surface area contributed by atoms with Gasteiger partial charge in [0.1, 0.15) is 11.4 Å². The summed E-state index contributed by atoms with van der Waals surface area (Å²) in [7, 11) is 0. The number of hydrogen-bond acceptors (Lipinski definition) is 6. The van der Waals surface area contributed by atoms with Crippen LogP contribution in [0.5, 0.6) is 5.75 Å². The Morgan fingerprint density at radius 2 is 1.90 bits per heavy atom. The zero-order chi connectivity index (χ0) is 15.1. The van der Waals surface area contributed by atoms with Gasteiger partial charge in [-0.2, -0.15) is 0 Å². The molecule has 0 heterocycles. The number of Topliss-reactive ketones (excluding diaryl/α,β-unsaturated/α-hetero) is 1. The molecule has 0 unspecified atom stereocenters. The van der Waals surface area contributed by atoms with E-state index in [4.69, 9.17) is 4.74 Å². The molecule has 0 aliphatic rings. The van der Waals surface area contributed by atoms with Crippen LogP contribution in [0.2, 0.25) is 0 Å². The number of carbonyl (C=O) groups is 2. The molecule has 0 saturated heterocycles. The summed E-state index contributed by atoms with van der Waals surface area (Å²) in [4.78, 5) is 33.8. The monoisotopic (exact) mass is 279 g/mol. The lowest BCUT2D eigenvalue weighted by Crippen LogP contribution is -2.19. The fraction of sp³-hybridized carbons (Fsp3) is 0.429. The molecule has 1 rings (SSSR count). The summed E-state index contributed by atoms with van der Waals surface area (Å²) in [6.45, 7) is 5.80. The third kappa shape index (κ3) is 3.88. The summed E-state index contributed by atoms with van der Waals surface area (Å²) in [5.41, 5.74) is 1.23. The predicted molar refractivity (Wildman–Crippen MR) is 73.1 cm³/mol. The molecule has 0 bridgehead atoms. The molecular formula is C14H17NO5. The summed E-state index contributed by atoms with van der Waals surface area (Å²) in [5, 5.41) is 2.88. The van der Waals surface area contributed by atoms with E-state index in [1.165, 1.54) is 6.07 Å². The largest absolute Gasteiger partial charge is 0.494 e. The van der Waals surface area contributed by atoms with E-state index in [9.17, 15) is 14.5 Å². The van der Waals surface area contributed by atoms with Gasteiger partial charge in [0.2, 0.25) is 5.78 Å². The first-order valence-corrected chi connectivity index (χ1v) is 6.33. The van der Waals surface area contributed by atoms with Crippen LogP contribution in [-0.2, 0) is 20.7 Å². The number of hydrogen-bond donors (Lipinski definition) is 0. The number of carbonyl (C=O) groups excluding carboxylic acids is 2. The number of nitrogens with zero attached hydrogens (tertiary/aromatic N) is 1. The zero-order valence-corrected chi connectivity index (χ0v) is 11.8. The van der Waals surface area contributed by atoms with Gasteiger partial charge in [0.25, 0.3) is 0 Å². The fourth-order valence-electron chi connectivity index (χ4n) is 1.71. The lowest BCUT2D eigenvalue weighted by molar-refractivity contribution is -0.153. The molecule has 0 saturated carbocycles. The Labute approximate surface area is 117 Å². The smallest absolute Gasteiger partial charge is 0.374 e. The van der Waals surface area contributed by atoms with Gasteiger partial charge in [-0.1, -0.05) is 0 Å². The summed E-state index contributed by atoms with van der Waals surface area (Å²) in [6, 6.07) is 3.10. The van der Waals surface area contributed by atoms with Gasteiger partial charge in [-0.15, -0.1) is 4.91 Å². The van der Waals surface area contributed by atoms with Gasteiger partial charge in [-0.25, -0.2) is 4.79 Å². The third-order valence-corrected chi connectivity index (χ3v) is 2.63. The van der Waals surface area contributed by atoms with Crippen LogP contribution in [0.1, 0.15) is 25.0 Å². The van der Waals surface area contributed by atoms with Gasteiger partial charge in [-0.3, -0.25) is 4.79 Å². The zero-order valence-electron chi connectivity index (χ0n) is 11.8. The van der Waals surface area contributed by atoms with Crippen LogP contribution in [0.4, 0.5) is 5.69 Å². The normalized spacial score (nSPS) is 9.95. The number of nitroso groups, excluding NO2 is 1. The van der Waals surface area contributed by atoms with Gasteiger partial charge in [0, 0.05) is 6.42 Å². The van der Waals surface area contributed by atoms with Crippen molar-refractivity contribution in [3.8, 4) is 5.75 Å². The average Bonchev–Trinajstić information content (AvgIpc) is 2.42. The van der Waals surface area contributed by atoms with E-state index in [2.05, 4.69) is 9.91 Å². The maximum absolute atomic E-state index is 11.7. The second-order valence-corrected chi connectivity index (χ2v) is 4.09. The lowest BCUT2D eigenvalue weighted by Gasteiger charge is -2.10. The number of ketones is 1. The molecule has 0 atom stereocenters. The molecule has 0 aliphatic carbocycles. The second-order valence-electron chi connectivity index (χ2n) is 4.09. The Morgan fingerprint density at radius 1 is 1.20 bits per heavy atom. The number of ether oxygens (including phenoxy) is 2. The highest BCUT2D eigenvalue weighted by Crippen LogP contribution is 2.29. The number of esters is 1. The van der Waals surface area contributed by atoms with E-state index in [-0.39, 0.29) is 18.7 Å². The van der Waals surface area contributed by atoms with Gasteiger partial charge < -0.3 is 9.47 Å². The standard InChI is InChI=1S/C14H17NO5/c1-4-19-13-8-10(11(15-18)6-9(13)3)7-12(16)14(17)20-5-2/h6,8H,4-5,7H2,1-3H3. The summed E-state index contributed by atoms with van der Waals surface area (Å²) in [6.07, 6.45) is -0.236. The molecule has 1 aromatic carbocycles. The van der Waals surface area contributed by atoms with E-state index in [0.29, 0.717) is 17.9 Å². The Hall–Kier alpha value is -2.24. The topological polar surface area (TPSA) is 82.0 Å². The van der Waals surface area contributed by atoms with Crippen molar-refractivity contribution < 1.29 is 19.1 Å². The lowest BCUT2D eigenvalue weighted by atomic mass is 10.0. The van der Waals surface area contributed by atoms with Crippen LogP contribution in [-0.4, -0.2) is 25.0 Å². The van der Waals surface area contributed by atoms with Crippen LogP contribution < -0.4 is 4.74 Å². The van der Waals surface area contributed by atoms with Crippen LogP contribution in [0.15, 0.2) is 17.3 Å². The molecule has 0 radical (unpaired) electrons. The van der Waals surface area contributed by atoms with Crippen molar-refractivity contribution in [2.75, 3.05) is 13.2 Å². The highest BCUT2D eigenvalue weighted by molar-refractivity contribution is 6.34. The van der Waals surface area contributed by atoms with E-state index in [1.54, 1.807) is 19.9 Å². The van der Waals surface area contributed by atoms with Crippen molar-refractivity contribution >= 4 is 17.4 Å². The molecule has 108 valence electrons. The maximum atomic E-state index is 11.7. The Balaban J connectivity index is 3.03. The van der Waals surface area contributed by atoms with Crippen LogP contribution >= 0.6 is 0 Å². The molecule has 0 aromatic heterocycles. The highest BCUT2D eigenvalue weighted by Gasteiger charge is 2.19. The summed E-state index contributed by atoms with van der Waals surface area (Å²) < 4.78 is 10.0. The van der Waals surface area contributed by atoms with E-state index in [1.807, 2.05) is 6.92 Å². The SMILES string of the molecule is CCOC(=O)C(=O)Cc1cc(OCC)c(C)cc1N=O. The molecule has 20 heavy (non-hydrogen) atoms. The predicted octanol–water partition coefficient (Wildman–Crippen LogP) is 2.47. The van der Waals surface area contributed by atoms with Crippen molar-refractivity contribution in [1.29, 1.82) is 0 Å². The van der Waals surface area contributed by atoms with Crippen molar-refractivity contribution in [3.63, 3.8) is 0 Å². The van der Waals surface area contributed by atoms with Crippen molar-refractivity contribution in [2.24, 2.45) is 5.18 Å². The first-order valence-electron chi connectivity index (χ1n) is 6.33. The minimum atomic E-state index is -0.914. The Morgan fingerprint density at radius 3 is 2.45 bits per heavy atom. The summed E-state index contributed by atoms with van der Waals surface area (Å²) >= 11 is 0. The Bertz CT molecular complexity index is 525. The molecule has 0 amide bonds. The molecular weight excluding hydrogens is 262 g/mol. The average molecular weight is 279 g/mol. The van der Waals surface area contributed by atoms with Gasteiger partial charge in [0.05, 0.1) is 13.2 Å². The van der Waals surface area contributed by atoms with E-state index >= 15 is 0 Å². The molecule has 6 heteroatoms. The highest BCUT2D eigenvalue weighted by atomic mass is 16.5. The molecule has 1 aromatic rings. The first kappa shape index (κ1) is 15.8. The van der Waals surface area contributed by atoms with Crippen molar-refractivity contribution in [1.82, 2.24) is 0 Å². The van der Waals surface area contributed by atoms with Gasteiger partial charge >= 0.3 is 5.97 Å². The Kier molecular flexibility index (Phi) is 5.83. The number of aryl methyl sites for hydroxylation is 1.